The van der Waals surface area contributed by atoms with E-state index in [2.05, 4.69) is 4.99 Å². The molecule has 82 valence electrons. The van der Waals surface area contributed by atoms with Crippen molar-refractivity contribution in [1.82, 2.24) is 0 Å². The summed E-state index contributed by atoms with van der Waals surface area (Å²) in [4.78, 5) is 14.0. The third-order valence-electron chi connectivity index (χ3n) is 1.55. The molecule has 0 fully saturated rings. The maximum absolute atomic E-state index is 11.7. The predicted molar refractivity (Wildman–Crippen MR) is 46.6 cm³/mol. The van der Waals surface area contributed by atoms with Gasteiger partial charge < -0.3 is 4.42 Å². The first kappa shape index (κ1) is 11.5. The highest BCUT2D eigenvalue weighted by atomic mass is 19.4. The van der Waals surface area contributed by atoms with Crippen LogP contribution in [0.5, 0.6) is 0 Å². The summed E-state index contributed by atoms with van der Waals surface area (Å²) in [5, 5.41) is 0. The van der Waals surface area contributed by atoms with Crippen LogP contribution in [0.25, 0.3) is 0 Å². The zero-order valence-electron chi connectivity index (χ0n) is 7.62. The van der Waals surface area contributed by atoms with E-state index in [-0.39, 0.29) is 6.54 Å². The second-order valence-corrected chi connectivity index (χ2v) is 2.73. The van der Waals surface area contributed by atoms with Crippen LogP contribution in [0.4, 0.5) is 13.2 Å². The van der Waals surface area contributed by atoms with Crippen LogP contribution in [0.1, 0.15) is 12.2 Å². The standard InChI is InChI=1S/C9H8F3NO2/c10-9(11,12)8(14)3-4-13-6-7-2-1-5-15-7/h1-2,4-5H,3,6H2. The highest BCUT2D eigenvalue weighted by molar-refractivity contribution is 5.94. The molecule has 1 heterocycles. The summed E-state index contributed by atoms with van der Waals surface area (Å²) >= 11 is 0. The predicted octanol–water partition coefficient (Wildman–Crippen LogP) is 2.37. The van der Waals surface area contributed by atoms with Gasteiger partial charge in [-0.25, -0.2) is 0 Å². The lowest BCUT2D eigenvalue weighted by Gasteiger charge is -2.00. The number of aliphatic imine (C=N–C) groups is 1. The van der Waals surface area contributed by atoms with Crippen LogP contribution >= 0.6 is 0 Å². The van der Waals surface area contributed by atoms with Gasteiger partial charge in [-0.05, 0) is 12.1 Å². The number of halogens is 3. The van der Waals surface area contributed by atoms with Crippen molar-refractivity contribution in [3.8, 4) is 0 Å². The number of rotatable bonds is 4. The smallest absolute Gasteiger partial charge is 0.450 e. The van der Waals surface area contributed by atoms with Crippen molar-refractivity contribution in [1.29, 1.82) is 0 Å². The second kappa shape index (κ2) is 4.77. The van der Waals surface area contributed by atoms with Gasteiger partial charge in [-0.1, -0.05) is 0 Å². The Bertz CT molecular complexity index is 341. The summed E-state index contributed by atoms with van der Waals surface area (Å²) < 4.78 is 40.0. The average molecular weight is 219 g/mol. The van der Waals surface area contributed by atoms with Crippen LogP contribution < -0.4 is 0 Å². The number of carbonyl (C=O) groups excluding carboxylic acids is 1. The topological polar surface area (TPSA) is 42.6 Å². The number of hydrogen-bond acceptors (Lipinski definition) is 3. The first-order valence-corrected chi connectivity index (χ1v) is 4.11. The van der Waals surface area contributed by atoms with Gasteiger partial charge in [0.25, 0.3) is 0 Å². The molecule has 0 bridgehead atoms. The lowest BCUT2D eigenvalue weighted by molar-refractivity contribution is -0.169. The maximum atomic E-state index is 11.7. The van der Waals surface area contributed by atoms with E-state index >= 15 is 0 Å². The van der Waals surface area contributed by atoms with Gasteiger partial charge >= 0.3 is 6.18 Å². The minimum Gasteiger partial charge on any atom is -0.467 e. The van der Waals surface area contributed by atoms with Crippen molar-refractivity contribution < 1.29 is 22.4 Å². The van der Waals surface area contributed by atoms with E-state index < -0.39 is 18.4 Å². The Labute approximate surface area is 83.6 Å². The van der Waals surface area contributed by atoms with Crippen LogP contribution in [-0.4, -0.2) is 18.2 Å². The number of ketones is 1. The maximum Gasteiger partial charge on any atom is 0.450 e. The zero-order valence-corrected chi connectivity index (χ0v) is 7.62. The van der Waals surface area contributed by atoms with Crippen LogP contribution in [0.3, 0.4) is 0 Å². The molecule has 15 heavy (non-hydrogen) atoms. The quantitative estimate of drug-likeness (QED) is 0.729. The minimum absolute atomic E-state index is 0.137. The second-order valence-electron chi connectivity index (χ2n) is 2.73. The summed E-state index contributed by atoms with van der Waals surface area (Å²) in [6.45, 7) is 0.137. The monoisotopic (exact) mass is 219 g/mol. The van der Waals surface area contributed by atoms with E-state index in [1.165, 1.54) is 6.26 Å². The third-order valence-corrected chi connectivity index (χ3v) is 1.55. The molecule has 0 N–H and O–H groups in total. The Morgan fingerprint density at radius 3 is 2.80 bits per heavy atom. The number of Topliss-reactive ketones (excluding diaryl/α,β-unsaturated/α-hetero) is 1. The van der Waals surface area contributed by atoms with E-state index in [4.69, 9.17) is 4.42 Å². The van der Waals surface area contributed by atoms with Crippen LogP contribution in [0.2, 0.25) is 0 Å². The lowest BCUT2D eigenvalue weighted by Crippen LogP contribution is -2.22. The fourth-order valence-corrected chi connectivity index (χ4v) is 0.820. The number of carbonyl (C=O) groups is 1. The number of alkyl halides is 3. The van der Waals surface area contributed by atoms with Crippen LogP contribution in [0, 0.1) is 0 Å². The largest absolute Gasteiger partial charge is 0.467 e. The molecule has 0 radical (unpaired) electrons. The third kappa shape index (κ3) is 3.97. The Morgan fingerprint density at radius 2 is 2.27 bits per heavy atom. The van der Waals surface area contributed by atoms with Crippen LogP contribution in [0.15, 0.2) is 27.8 Å². The van der Waals surface area contributed by atoms with Crippen molar-refractivity contribution in [3.05, 3.63) is 24.2 Å². The molecule has 0 saturated carbocycles. The molecule has 3 nitrogen and oxygen atoms in total. The molecule has 0 amide bonds. The molecule has 6 heteroatoms. The normalized spacial score (nSPS) is 12.2. The first-order chi connectivity index (χ1) is 7.00. The van der Waals surface area contributed by atoms with E-state index in [0.29, 0.717) is 5.76 Å². The summed E-state index contributed by atoms with van der Waals surface area (Å²) in [6.07, 6.45) is -3.13. The molecule has 1 aromatic rings. The number of hydrogen-bond donors (Lipinski definition) is 0. The Hall–Kier alpha value is -1.59. The molecule has 0 aliphatic carbocycles. The zero-order chi connectivity index (χ0) is 11.3. The molecule has 0 saturated heterocycles. The van der Waals surface area contributed by atoms with Crippen molar-refractivity contribution in [2.75, 3.05) is 0 Å². The Kier molecular flexibility index (Phi) is 3.65. The molecule has 0 aliphatic heterocycles. The van der Waals surface area contributed by atoms with Gasteiger partial charge in [0, 0.05) is 6.21 Å². The van der Waals surface area contributed by atoms with Gasteiger partial charge in [-0.2, -0.15) is 13.2 Å². The van der Waals surface area contributed by atoms with Gasteiger partial charge in [-0.3, -0.25) is 9.79 Å². The molecule has 0 aliphatic rings. The highest BCUT2D eigenvalue weighted by Crippen LogP contribution is 2.16. The molecular formula is C9H8F3NO2. The average Bonchev–Trinajstić information content (AvgIpc) is 2.63. The lowest BCUT2D eigenvalue weighted by atomic mass is 10.3. The van der Waals surface area contributed by atoms with Gasteiger partial charge in [0.05, 0.1) is 19.2 Å². The molecular weight excluding hydrogens is 211 g/mol. The molecule has 0 aromatic carbocycles. The van der Waals surface area contributed by atoms with E-state index in [1.807, 2.05) is 0 Å². The molecule has 0 unspecified atom stereocenters. The van der Waals surface area contributed by atoms with Crippen LogP contribution in [-0.2, 0) is 11.3 Å². The van der Waals surface area contributed by atoms with Gasteiger partial charge in [0.2, 0.25) is 5.78 Å². The highest BCUT2D eigenvalue weighted by Gasteiger charge is 2.36. The van der Waals surface area contributed by atoms with E-state index in [1.54, 1.807) is 12.1 Å². The van der Waals surface area contributed by atoms with E-state index in [0.717, 1.165) is 6.21 Å². The summed E-state index contributed by atoms with van der Waals surface area (Å²) in [5.41, 5.74) is 0. The number of furan rings is 1. The summed E-state index contributed by atoms with van der Waals surface area (Å²) in [7, 11) is 0. The van der Waals surface area contributed by atoms with Crippen molar-refractivity contribution in [3.63, 3.8) is 0 Å². The van der Waals surface area contributed by atoms with Crippen molar-refractivity contribution in [2.45, 2.75) is 19.1 Å². The van der Waals surface area contributed by atoms with Crippen molar-refractivity contribution >= 4 is 12.0 Å². The molecule has 1 rings (SSSR count). The number of nitrogens with zero attached hydrogens (tertiary/aromatic N) is 1. The molecule has 0 atom stereocenters. The molecule has 0 spiro atoms. The summed E-state index contributed by atoms with van der Waals surface area (Å²) in [6, 6.07) is 3.29. The Morgan fingerprint density at radius 1 is 1.53 bits per heavy atom. The SMILES string of the molecule is O=C(CC=NCc1ccco1)C(F)(F)F. The fourth-order valence-electron chi connectivity index (χ4n) is 0.820. The van der Waals surface area contributed by atoms with Gasteiger partial charge in [0.1, 0.15) is 5.76 Å². The van der Waals surface area contributed by atoms with Gasteiger partial charge in [0.15, 0.2) is 0 Å². The van der Waals surface area contributed by atoms with Gasteiger partial charge in [-0.15, -0.1) is 0 Å². The van der Waals surface area contributed by atoms with E-state index in [9.17, 15) is 18.0 Å². The minimum atomic E-state index is -4.78. The summed E-state index contributed by atoms with van der Waals surface area (Å²) in [5.74, 6) is -1.27. The fraction of sp³-hybridized carbons (Fsp3) is 0.333. The Balaban J connectivity index is 2.32. The van der Waals surface area contributed by atoms with Crippen molar-refractivity contribution in [2.24, 2.45) is 4.99 Å². The first-order valence-electron chi connectivity index (χ1n) is 4.11. The molecule has 1 aromatic heterocycles.